The van der Waals surface area contributed by atoms with Crippen LogP contribution < -0.4 is 10.1 Å². The van der Waals surface area contributed by atoms with Crippen LogP contribution in [-0.4, -0.2) is 24.4 Å². The zero-order valence-corrected chi connectivity index (χ0v) is 15.6. The molecule has 3 rings (SSSR count). The predicted octanol–water partition coefficient (Wildman–Crippen LogP) is 4.78. The molecule has 0 radical (unpaired) electrons. The second-order valence-electron chi connectivity index (χ2n) is 5.89. The Hall–Kier alpha value is -3.46. The summed E-state index contributed by atoms with van der Waals surface area (Å²) in [5, 5.41) is 13.3. The number of carbonyl (C=O) groups is 1. The maximum atomic E-state index is 11.6. The van der Waals surface area contributed by atoms with Gasteiger partial charge in [0.15, 0.2) is 0 Å². The van der Waals surface area contributed by atoms with E-state index in [0.717, 1.165) is 28.7 Å². The Kier molecular flexibility index (Phi) is 5.32. The Morgan fingerprint density at radius 2 is 1.93 bits per heavy atom. The molecule has 27 heavy (non-hydrogen) atoms. The molecule has 6 heteroatoms. The van der Waals surface area contributed by atoms with Gasteiger partial charge in [0.1, 0.15) is 11.8 Å². The number of fused-ring (bicyclic) bond motifs is 1. The molecule has 0 fully saturated rings. The molecule has 0 unspecified atom stereocenters. The topological polar surface area (TPSA) is 76.3 Å². The van der Waals surface area contributed by atoms with E-state index in [1.807, 2.05) is 37.3 Å². The van der Waals surface area contributed by atoms with Crippen molar-refractivity contribution in [2.75, 3.05) is 19.0 Å². The Labute approximate surface area is 157 Å². The normalized spacial score (nSPS) is 10.4. The van der Waals surface area contributed by atoms with E-state index >= 15 is 0 Å². The minimum Gasteiger partial charge on any atom is -0.497 e. The highest BCUT2D eigenvalue weighted by molar-refractivity contribution is 5.95. The Morgan fingerprint density at radius 3 is 2.52 bits per heavy atom. The molecular weight excluding hydrogens is 342 g/mol. The third kappa shape index (κ3) is 3.44. The molecule has 0 bridgehead atoms. The SMILES string of the molecule is CCOC(=O)Nc1ccc(-c2c(C#N)c3cc(OC)ccc3n2CC)cc1. The molecular formula is C21H21N3O3. The summed E-state index contributed by atoms with van der Waals surface area (Å²) >= 11 is 0. The smallest absolute Gasteiger partial charge is 0.411 e. The van der Waals surface area contributed by atoms with Crippen molar-refractivity contribution in [3.05, 3.63) is 48.0 Å². The van der Waals surface area contributed by atoms with Crippen molar-refractivity contribution in [3.8, 4) is 23.1 Å². The maximum absolute atomic E-state index is 11.6. The van der Waals surface area contributed by atoms with Gasteiger partial charge in [-0.3, -0.25) is 5.32 Å². The van der Waals surface area contributed by atoms with Crippen molar-refractivity contribution in [2.24, 2.45) is 0 Å². The largest absolute Gasteiger partial charge is 0.497 e. The number of benzene rings is 2. The molecule has 0 saturated heterocycles. The number of aromatic nitrogens is 1. The molecule has 0 saturated carbocycles. The number of hydrogen-bond donors (Lipinski definition) is 1. The van der Waals surface area contributed by atoms with Crippen molar-refractivity contribution in [2.45, 2.75) is 20.4 Å². The first-order chi connectivity index (χ1) is 13.1. The Balaban J connectivity index is 2.08. The quantitative estimate of drug-likeness (QED) is 0.708. The number of aryl methyl sites for hydroxylation is 1. The van der Waals surface area contributed by atoms with Crippen LogP contribution in [0, 0.1) is 11.3 Å². The number of ether oxygens (including phenoxy) is 2. The highest BCUT2D eigenvalue weighted by atomic mass is 16.5. The Bertz CT molecular complexity index is 1010. The zero-order valence-electron chi connectivity index (χ0n) is 15.6. The monoisotopic (exact) mass is 363 g/mol. The average Bonchev–Trinajstić information content (AvgIpc) is 3.01. The van der Waals surface area contributed by atoms with Crippen LogP contribution in [0.3, 0.4) is 0 Å². The van der Waals surface area contributed by atoms with E-state index in [9.17, 15) is 10.1 Å². The van der Waals surface area contributed by atoms with Gasteiger partial charge in [0.2, 0.25) is 0 Å². The molecule has 1 heterocycles. The first kappa shape index (κ1) is 18.3. The molecule has 0 atom stereocenters. The van der Waals surface area contributed by atoms with Crippen LogP contribution in [-0.2, 0) is 11.3 Å². The molecule has 0 spiro atoms. The fraction of sp³-hybridized carbons (Fsp3) is 0.238. The van der Waals surface area contributed by atoms with E-state index in [1.54, 1.807) is 26.2 Å². The van der Waals surface area contributed by atoms with E-state index < -0.39 is 6.09 Å². The number of anilines is 1. The van der Waals surface area contributed by atoms with Gasteiger partial charge in [-0.15, -0.1) is 0 Å². The summed E-state index contributed by atoms with van der Waals surface area (Å²) in [6.45, 7) is 4.84. The molecule has 0 aliphatic carbocycles. The summed E-state index contributed by atoms with van der Waals surface area (Å²) in [7, 11) is 1.61. The minimum atomic E-state index is -0.488. The van der Waals surface area contributed by atoms with Crippen molar-refractivity contribution >= 4 is 22.7 Å². The third-order valence-corrected chi connectivity index (χ3v) is 4.38. The molecule has 0 aliphatic heterocycles. The number of hydrogen-bond acceptors (Lipinski definition) is 4. The molecule has 0 aliphatic rings. The standard InChI is InChI=1S/C21H21N3O3/c1-4-24-19-11-10-16(26-3)12-17(19)18(13-22)20(24)14-6-8-15(9-7-14)23-21(25)27-5-2/h6-12H,4-5H2,1-3H3,(H,23,25). The number of nitrogens with one attached hydrogen (secondary N) is 1. The van der Waals surface area contributed by atoms with Gasteiger partial charge in [-0.2, -0.15) is 5.26 Å². The van der Waals surface area contributed by atoms with Crippen LogP contribution in [0.15, 0.2) is 42.5 Å². The van der Waals surface area contributed by atoms with Gasteiger partial charge in [0, 0.05) is 17.6 Å². The van der Waals surface area contributed by atoms with Crippen LogP contribution in [0.5, 0.6) is 5.75 Å². The van der Waals surface area contributed by atoms with Crippen molar-refractivity contribution in [1.82, 2.24) is 4.57 Å². The summed E-state index contributed by atoms with van der Waals surface area (Å²) in [4.78, 5) is 11.6. The second kappa shape index (κ2) is 7.83. The van der Waals surface area contributed by atoms with Gasteiger partial charge >= 0.3 is 6.09 Å². The van der Waals surface area contributed by atoms with Crippen LogP contribution in [0.2, 0.25) is 0 Å². The lowest BCUT2D eigenvalue weighted by Crippen LogP contribution is -2.13. The van der Waals surface area contributed by atoms with Crippen molar-refractivity contribution in [1.29, 1.82) is 5.26 Å². The number of nitriles is 1. The van der Waals surface area contributed by atoms with Crippen LogP contribution in [0.4, 0.5) is 10.5 Å². The lowest BCUT2D eigenvalue weighted by molar-refractivity contribution is 0.168. The average molecular weight is 363 g/mol. The van der Waals surface area contributed by atoms with Gasteiger partial charge in [0.05, 0.1) is 30.5 Å². The van der Waals surface area contributed by atoms with Gasteiger partial charge in [-0.25, -0.2) is 4.79 Å². The summed E-state index contributed by atoms with van der Waals surface area (Å²) in [6.07, 6.45) is -0.488. The second-order valence-corrected chi connectivity index (χ2v) is 5.89. The fourth-order valence-corrected chi connectivity index (χ4v) is 3.20. The molecule has 1 N–H and O–H groups in total. The number of rotatable bonds is 5. The van der Waals surface area contributed by atoms with E-state index in [1.165, 1.54) is 0 Å². The summed E-state index contributed by atoms with van der Waals surface area (Å²) in [5.41, 5.74) is 3.98. The molecule has 6 nitrogen and oxygen atoms in total. The van der Waals surface area contributed by atoms with Gasteiger partial charge in [0.25, 0.3) is 0 Å². The third-order valence-electron chi connectivity index (χ3n) is 4.38. The van der Waals surface area contributed by atoms with E-state index in [-0.39, 0.29) is 0 Å². The number of methoxy groups -OCH3 is 1. The highest BCUT2D eigenvalue weighted by Gasteiger charge is 2.18. The first-order valence-corrected chi connectivity index (χ1v) is 8.77. The molecule has 1 amide bonds. The first-order valence-electron chi connectivity index (χ1n) is 8.77. The molecule has 3 aromatic rings. The molecule has 138 valence electrons. The highest BCUT2D eigenvalue weighted by Crippen LogP contribution is 2.35. The Morgan fingerprint density at radius 1 is 1.19 bits per heavy atom. The van der Waals surface area contributed by atoms with E-state index in [2.05, 4.69) is 16.0 Å². The fourth-order valence-electron chi connectivity index (χ4n) is 3.20. The summed E-state index contributed by atoms with van der Waals surface area (Å²) in [6, 6.07) is 15.5. The van der Waals surface area contributed by atoms with Crippen LogP contribution >= 0.6 is 0 Å². The number of amides is 1. The van der Waals surface area contributed by atoms with E-state index in [0.29, 0.717) is 23.6 Å². The lowest BCUT2D eigenvalue weighted by Gasteiger charge is -2.10. The van der Waals surface area contributed by atoms with Crippen LogP contribution in [0.1, 0.15) is 19.4 Å². The van der Waals surface area contributed by atoms with Gasteiger partial charge in [-0.1, -0.05) is 12.1 Å². The summed E-state index contributed by atoms with van der Waals surface area (Å²) < 4.78 is 12.3. The number of carbonyl (C=O) groups excluding carboxylic acids is 1. The lowest BCUT2D eigenvalue weighted by atomic mass is 10.1. The van der Waals surface area contributed by atoms with Crippen molar-refractivity contribution in [3.63, 3.8) is 0 Å². The predicted molar refractivity (Wildman–Crippen MR) is 105 cm³/mol. The zero-order chi connectivity index (χ0) is 19.4. The van der Waals surface area contributed by atoms with Gasteiger partial charge in [-0.05, 0) is 49.7 Å². The minimum absolute atomic E-state index is 0.315. The molecule has 1 aromatic heterocycles. The maximum Gasteiger partial charge on any atom is 0.411 e. The van der Waals surface area contributed by atoms with Crippen molar-refractivity contribution < 1.29 is 14.3 Å². The number of nitrogens with zero attached hydrogens (tertiary/aromatic N) is 2. The molecule has 2 aromatic carbocycles. The van der Waals surface area contributed by atoms with Gasteiger partial charge < -0.3 is 14.0 Å². The van der Waals surface area contributed by atoms with Crippen LogP contribution in [0.25, 0.3) is 22.2 Å². The summed E-state index contributed by atoms with van der Waals surface area (Å²) in [5.74, 6) is 0.716. The van der Waals surface area contributed by atoms with E-state index in [4.69, 9.17) is 9.47 Å².